The standard InChI is InChI=1S/C25H34N2O6/c1-26(2)19-9-7-18(8-10-19)24(30)22-12-11-20(27(3)4)15-23(22)25(31)33-17-21(29)16-32-14-6-5-13-28/h7-12,15,21,28-29H,5-6,13-14,16-17H2,1-4H3. The van der Waals surface area contributed by atoms with E-state index < -0.39 is 12.1 Å². The van der Waals surface area contributed by atoms with Crippen molar-refractivity contribution >= 4 is 23.1 Å². The van der Waals surface area contributed by atoms with Gasteiger partial charge in [-0.25, -0.2) is 4.79 Å². The molecule has 180 valence electrons. The lowest BCUT2D eigenvalue weighted by Crippen LogP contribution is -2.25. The number of hydrogen-bond donors (Lipinski definition) is 2. The summed E-state index contributed by atoms with van der Waals surface area (Å²) in [5.41, 5.74) is 2.54. The lowest BCUT2D eigenvalue weighted by Gasteiger charge is -2.17. The number of anilines is 2. The van der Waals surface area contributed by atoms with Gasteiger partial charge in [0.15, 0.2) is 5.78 Å². The van der Waals surface area contributed by atoms with E-state index >= 15 is 0 Å². The summed E-state index contributed by atoms with van der Waals surface area (Å²) < 4.78 is 10.6. The fourth-order valence-electron chi connectivity index (χ4n) is 3.08. The topological polar surface area (TPSA) is 99.5 Å². The Labute approximate surface area is 195 Å². The Balaban J connectivity index is 2.14. The molecule has 0 spiro atoms. The van der Waals surface area contributed by atoms with Gasteiger partial charge in [-0.05, 0) is 55.3 Å². The molecule has 8 heteroatoms. The molecule has 0 saturated heterocycles. The lowest BCUT2D eigenvalue weighted by molar-refractivity contribution is -0.0118. The molecule has 2 rings (SSSR count). The molecule has 0 amide bonds. The first-order valence-corrected chi connectivity index (χ1v) is 10.9. The summed E-state index contributed by atoms with van der Waals surface area (Å²) in [6.45, 7) is 0.259. The van der Waals surface area contributed by atoms with E-state index in [4.69, 9.17) is 14.6 Å². The minimum absolute atomic E-state index is 0.0143. The van der Waals surface area contributed by atoms with Gasteiger partial charge in [-0.1, -0.05) is 0 Å². The number of carbonyl (C=O) groups excluding carboxylic acids is 2. The van der Waals surface area contributed by atoms with Crippen LogP contribution >= 0.6 is 0 Å². The zero-order valence-corrected chi connectivity index (χ0v) is 19.8. The van der Waals surface area contributed by atoms with Crippen molar-refractivity contribution in [2.24, 2.45) is 0 Å². The molecule has 33 heavy (non-hydrogen) atoms. The molecule has 2 N–H and O–H groups in total. The number of rotatable bonds is 13. The highest BCUT2D eigenvalue weighted by Crippen LogP contribution is 2.23. The van der Waals surface area contributed by atoms with Crippen LogP contribution < -0.4 is 9.80 Å². The van der Waals surface area contributed by atoms with Crippen LogP contribution in [-0.4, -0.2) is 82.7 Å². The molecule has 0 aliphatic rings. The molecule has 0 aromatic heterocycles. The molecule has 0 heterocycles. The Morgan fingerprint density at radius 3 is 2.12 bits per heavy atom. The summed E-state index contributed by atoms with van der Waals surface area (Å²) in [5.74, 6) is -0.975. The van der Waals surface area contributed by atoms with Crippen molar-refractivity contribution in [1.29, 1.82) is 0 Å². The Morgan fingerprint density at radius 1 is 0.879 bits per heavy atom. The van der Waals surface area contributed by atoms with Crippen molar-refractivity contribution < 1.29 is 29.3 Å². The van der Waals surface area contributed by atoms with Crippen molar-refractivity contribution in [2.75, 3.05) is 64.4 Å². The van der Waals surface area contributed by atoms with E-state index in [-0.39, 0.29) is 36.7 Å². The lowest BCUT2D eigenvalue weighted by atomic mass is 9.97. The summed E-state index contributed by atoms with van der Waals surface area (Å²) in [6.07, 6.45) is 0.321. The van der Waals surface area contributed by atoms with Gasteiger partial charge in [0.25, 0.3) is 0 Å². The molecule has 2 aromatic carbocycles. The van der Waals surface area contributed by atoms with E-state index in [0.29, 0.717) is 25.0 Å². The fraction of sp³-hybridized carbons (Fsp3) is 0.440. The molecule has 0 aliphatic heterocycles. The number of ketones is 1. The summed E-state index contributed by atoms with van der Waals surface area (Å²) in [5, 5.41) is 18.8. The molecule has 0 bridgehead atoms. The highest BCUT2D eigenvalue weighted by atomic mass is 16.5. The third-order valence-corrected chi connectivity index (χ3v) is 5.04. The first-order chi connectivity index (χ1) is 15.7. The van der Waals surface area contributed by atoms with Crippen LogP contribution in [0.5, 0.6) is 0 Å². The smallest absolute Gasteiger partial charge is 0.339 e. The van der Waals surface area contributed by atoms with Gasteiger partial charge in [-0.15, -0.1) is 0 Å². The Bertz CT molecular complexity index is 912. The number of unbranched alkanes of at least 4 members (excludes halogenated alkanes) is 1. The number of aliphatic hydroxyl groups excluding tert-OH is 2. The molecule has 0 saturated carbocycles. The predicted octanol–water partition coefficient (Wildman–Crippen LogP) is 2.36. The van der Waals surface area contributed by atoms with Crippen LogP contribution in [0.3, 0.4) is 0 Å². The van der Waals surface area contributed by atoms with Gasteiger partial charge < -0.3 is 29.5 Å². The Hall–Kier alpha value is -2.94. The normalized spacial score (nSPS) is 11.7. The summed E-state index contributed by atoms with van der Waals surface area (Å²) in [7, 11) is 7.51. The predicted molar refractivity (Wildman–Crippen MR) is 128 cm³/mol. The fourth-order valence-corrected chi connectivity index (χ4v) is 3.08. The van der Waals surface area contributed by atoms with Crippen LogP contribution in [0, 0.1) is 0 Å². The van der Waals surface area contributed by atoms with Crippen molar-refractivity contribution in [2.45, 2.75) is 18.9 Å². The summed E-state index contributed by atoms with van der Waals surface area (Å²) >= 11 is 0. The third kappa shape index (κ3) is 7.85. The van der Waals surface area contributed by atoms with Gasteiger partial charge >= 0.3 is 5.97 Å². The average molecular weight is 459 g/mol. The molecule has 8 nitrogen and oxygen atoms in total. The third-order valence-electron chi connectivity index (χ3n) is 5.04. The first kappa shape index (κ1) is 26.3. The zero-order chi connectivity index (χ0) is 24.4. The van der Waals surface area contributed by atoms with Gasteiger partial charge in [-0.3, -0.25) is 4.79 Å². The average Bonchev–Trinajstić information content (AvgIpc) is 2.81. The maximum Gasteiger partial charge on any atom is 0.339 e. The van der Waals surface area contributed by atoms with Crippen molar-refractivity contribution in [3.63, 3.8) is 0 Å². The van der Waals surface area contributed by atoms with Crippen LogP contribution in [0.25, 0.3) is 0 Å². The van der Waals surface area contributed by atoms with E-state index in [1.54, 1.807) is 30.3 Å². The highest BCUT2D eigenvalue weighted by molar-refractivity contribution is 6.15. The Morgan fingerprint density at radius 2 is 1.52 bits per heavy atom. The molecule has 0 fully saturated rings. The minimum atomic E-state index is -0.988. The molecule has 1 atom stereocenters. The van der Waals surface area contributed by atoms with Gasteiger partial charge in [0.2, 0.25) is 0 Å². The number of carbonyl (C=O) groups is 2. The quantitative estimate of drug-likeness (QED) is 0.268. The van der Waals surface area contributed by atoms with Crippen LogP contribution in [0.15, 0.2) is 42.5 Å². The van der Waals surface area contributed by atoms with E-state index in [2.05, 4.69) is 0 Å². The molecular formula is C25H34N2O6. The van der Waals surface area contributed by atoms with Crippen molar-refractivity contribution in [3.05, 3.63) is 59.2 Å². The van der Waals surface area contributed by atoms with E-state index in [1.165, 1.54) is 0 Å². The van der Waals surface area contributed by atoms with Gasteiger partial charge in [0, 0.05) is 63.9 Å². The second-order valence-corrected chi connectivity index (χ2v) is 8.15. The minimum Gasteiger partial charge on any atom is -0.459 e. The molecule has 1 unspecified atom stereocenters. The number of hydrogen-bond acceptors (Lipinski definition) is 8. The van der Waals surface area contributed by atoms with Crippen LogP contribution in [0.2, 0.25) is 0 Å². The SMILES string of the molecule is CN(C)c1ccc(C(=O)c2ccc(N(C)C)cc2C(=O)OCC(O)COCCCCO)cc1. The van der Waals surface area contributed by atoms with Crippen LogP contribution in [0.4, 0.5) is 11.4 Å². The molecular weight excluding hydrogens is 424 g/mol. The van der Waals surface area contributed by atoms with E-state index in [1.807, 2.05) is 50.1 Å². The zero-order valence-electron chi connectivity index (χ0n) is 19.8. The number of ether oxygens (including phenoxy) is 2. The maximum atomic E-state index is 13.2. The molecule has 0 radical (unpaired) electrons. The first-order valence-electron chi connectivity index (χ1n) is 10.9. The van der Waals surface area contributed by atoms with Gasteiger partial charge in [0.1, 0.15) is 12.7 Å². The van der Waals surface area contributed by atoms with Gasteiger partial charge in [-0.2, -0.15) is 0 Å². The number of esters is 1. The van der Waals surface area contributed by atoms with Crippen LogP contribution in [-0.2, 0) is 9.47 Å². The van der Waals surface area contributed by atoms with Crippen molar-refractivity contribution in [3.8, 4) is 0 Å². The highest BCUT2D eigenvalue weighted by Gasteiger charge is 2.22. The largest absolute Gasteiger partial charge is 0.459 e. The maximum absolute atomic E-state index is 13.2. The van der Waals surface area contributed by atoms with Gasteiger partial charge in [0.05, 0.1) is 12.2 Å². The van der Waals surface area contributed by atoms with Crippen molar-refractivity contribution in [1.82, 2.24) is 0 Å². The number of aliphatic hydroxyl groups is 2. The monoisotopic (exact) mass is 458 g/mol. The van der Waals surface area contributed by atoms with Crippen LogP contribution in [0.1, 0.15) is 39.1 Å². The van der Waals surface area contributed by atoms with E-state index in [0.717, 1.165) is 11.4 Å². The second-order valence-electron chi connectivity index (χ2n) is 8.15. The number of benzene rings is 2. The molecule has 0 aliphatic carbocycles. The Kier molecular flexibility index (Phi) is 10.3. The number of nitrogens with zero attached hydrogens (tertiary/aromatic N) is 2. The second kappa shape index (κ2) is 12.9. The summed E-state index contributed by atoms with van der Waals surface area (Å²) in [6, 6.07) is 12.1. The summed E-state index contributed by atoms with van der Waals surface area (Å²) in [4.78, 5) is 29.8. The molecule has 2 aromatic rings. The van der Waals surface area contributed by atoms with E-state index in [9.17, 15) is 14.7 Å².